The predicted octanol–water partition coefficient (Wildman–Crippen LogP) is 1.95. The Labute approximate surface area is 193 Å². The molecule has 5 rings (SSSR count). The highest BCUT2D eigenvalue weighted by molar-refractivity contribution is 7.89. The van der Waals surface area contributed by atoms with Gasteiger partial charge in [-0.2, -0.15) is 4.31 Å². The summed E-state index contributed by atoms with van der Waals surface area (Å²) < 4.78 is 43.9. The first-order valence-corrected chi connectivity index (χ1v) is 12.1. The van der Waals surface area contributed by atoms with E-state index in [0.29, 0.717) is 24.6 Å². The van der Waals surface area contributed by atoms with E-state index in [1.165, 1.54) is 41.6 Å². The number of nitrogens with zero attached hydrogens (tertiary/aromatic N) is 2. The number of nitrogens with one attached hydrogen (secondary N) is 1. The van der Waals surface area contributed by atoms with Crippen molar-refractivity contribution in [2.24, 2.45) is 0 Å². The number of aromatic nitrogens is 1. The second kappa shape index (κ2) is 8.29. The number of Topliss-reactive ketones (excluding diaryl/α,β-unsaturated/α-hetero) is 1. The summed E-state index contributed by atoms with van der Waals surface area (Å²) in [5.41, 5.74) is 0.795. The molecule has 0 unspecified atom stereocenters. The topological polar surface area (TPSA) is 137 Å². The molecule has 3 aromatic rings. The van der Waals surface area contributed by atoms with Crippen molar-refractivity contribution in [3.05, 3.63) is 46.4 Å². The Balaban J connectivity index is 1.41. The van der Waals surface area contributed by atoms with Crippen LogP contribution in [0, 0.1) is 0 Å². The zero-order valence-electron chi connectivity index (χ0n) is 18.2. The van der Waals surface area contributed by atoms with Crippen LogP contribution in [0.4, 0.5) is 5.69 Å². The molecule has 3 heterocycles. The Bertz CT molecular complexity index is 1480. The summed E-state index contributed by atoms with van der Waals surface area (Å²) in [5.74, 6) is -0.887. The molecule has 1 saturated heterocycles. The normalized spacial score (nSPS) is 15.7. The zero-order valence-corrected chi connectivity index (χ0v) is 19.0. The molecule has 0 radical (unpaired) electrons. The van der Waals surface area contributed by atoms with Gasteiger partial charge in [0, 0.05) is 30.8 Å². The lowest BCUT2D eigenvalue weighted by atomic mass is 10.1. The van der Waals surface area contributed by atoms with Gasteiger partial charge in [-0.1, -0.05) is 0 Å². The Morgan fingerprint density at radius 3 is 2.47 bits per heavy atom. The second-order valence-electron chi connectivity index (χ2n) is 8.05. The summed E-state index contributed by atoms with van der Waals surface area (Å²) >= 11 is 0. The molecule has 2 aliphatic heterocycles. The zero-order chi connectivity index (χ0) is 24.0. The van der Waals surface area contributed by atoms with Crippen LogP contribution in [-0.2, 0) is 21.4 Å². The van der Waals surface area contributed by atoms with Crippen LogP contribution in [0.25, 0.3) is 11.1 Å². The second-order valence-corrected chi connectivity index (χ2v) is 9.99. The maximum Gasteiger partial charge on any atom is 0.420 e. The minimum absolute atomic E-state index is 0.00987. The van der Waals surface area contributed by atoms with Crippen molar-refractivity contribution in [2.45, 2.75) is 31.2 Å². The summed E-state index contributed by atoms with van der Waals surface area (Å²) in [5, 5.41) is 2.63. The smallest absolute Gasteiger partial charge is 0.420 e. The molecule has 12 heteroatoms. The van der Waals surface area contributed by atoms with Crippen molar-refractivity contribution in [3.8, 4) is 11.5 Å². The molecular formula is C22H21N3O8S. The summed E-state index contributed by atoms with van der Waals surface area (Å²) in [6.45, 7) is 1.86. The molecule has 1 fully saturated rings. The predicted molar refractivity (Wildman–Crippen MR) is 120 cm³/mol. The molecule has 2 aliphatic rings. The molecule has 178 valence electrons. The van der Waals surface area contributed by atoms with Crippen LogP contribution in [0.3, 0.4) is 0 Å². The maximum atomic E-state index is 12.8. The van der Waals surface area contributed by atoms with Gasteiger partial charge in [-0.15, -0.1) is 0 Å². The fourth-order valence-electron chi connectivity index (χ4n) is 4.10. The first-order chi connectivity index (χ1) is 16.2. The van der Waals surface area contributed by atoms with Gasteiger partial charge in [-0.25, -0.2) is 13.2 Å². The highest BCUT2D eigenvalue weighted by atomic mass is 32.2. The van der Waals surface area contributed by atoms with Crippen molar-refractivity contribution >= 4 is 38.5 Å². The van der Waals surface area contributed by atoms with Gasteiger partial charge in [-0.05, 0) is 38.0 Å². The molecule has 11 nitrogen and oxygen atoms in total. The highest BCUT2D eigenvalue weighted by Crippen LogP contribution is 2.37. The van der Waals surface area contributed by atoms with E-state index in [1.807, 2.05) is 0 Å². The quantitative estimate of drug-likeness (QED) is 0.521. The molecule has 0 atom stereocenters. The van der Waals surface area contributed by atoms with E-state index >= 15 is 0 Å². The number of hydrogen-bond acceptors (Lipinski definition) is 8. The average Bonchev–Trinajstić information content (AvgIpc) is 3.53. The lowest BCUT2D eigenvalue weighted by Crippen LogP contribution is -2.27. The van der Waals surface area contributed by atoms with Crippen LogP contribution < -0.4 is 20.5 Å². The number of carbonyl (C=O) groups is 2. The number of ketones is 1. The maximum absolute atomic E-state index is 12.8. The third kappa shape index (κ3) is 3.84. The molecule has 0 saturated carbocycles. The average molecular weight is 487 g/mol. The fraction of sp³-hybridized carbons (Fsp3) is 0.318. The van der Waals surface area contributed by atoms with E-state index < -0.39 is 28.2 Å². The third-order valence-electron chi connectivity index (χ3n) is 5.81. The van der Waals surface area contributed by atoms with Crippen LogP contribution in [-0.4, -0.2) is 48.9 Å². The summed E-state index contributed by atoms with van der Waals surface area (Å²) in [4.78, 5) is 37.2. The molecule has 0 aliphatic carbocycles. The Hall–Kier alpha value is -3.64. The minimum atomic E-state index is -3.69. The van der Waals surface area contributed by atoms with Gasteiger partial charge in [0.2, 0.25) is 22.7 Å². The van der Waals surface area contributed by atoms with E-state index in [1.54, 1.807) is 0 Å². The highest BCUT2D eigenvalue weighted by Gasteiger charge is 2.28. The largest absolute Gasteiger partial charge is 0.454 e. The first kappa shape index (κ1) is 22.2. The lowest BCUT2D eigenvalue weighted by molar-refractivity contribution is -0.116. The van der Waals surface area contributed by atoms with Crippen LogP contribution >= 0.6 is 0 Å². The molecule has 34 heavy (non-hydrogen) atoms. The van der Waals surface area contributed by atoms with Crippen LogP contribution in [0.2, 0.25) is 0 Å². The SMILES string of the molecule is CC(=O)c1cc2c(cc1NC(=O)Cn1c(=O)oc3cc(S(=O)(=O)N4CCCC4)ccc31)OCO2. The van der Waals surface area contributed by atoms with Gasteiger partial charge in [0.05, 0.1) is 16.1 Å². The number of oxazole rings is 1. The molecule has 1 amide bonds. The fourth-order valence-corrected chi connectivity index (χ4v) is 5.64. The van der Waals surface area contributed by atoms with E-state index in [9.17, 15) is 22.8 Å². The van der Waals surface area contributed by atoms with E-state index in [0.717, 1.165) is 17.4 Å². The van der Waals surface area contributed by atoms with E-state index in [-0.39, 0.29) is 39.8 Å². The Kier molecular flexibility index (Phi) is 5.41. The lowest BCUT2D eigenvalue weighted by Gasteiger charge is -2.15. The monoisotopic (exact) mass is 487 g/mol. The van der Waals surface area contributed by atoms with Gasteiger partial charge < -0.3 is 19.2 Å². The van der Waals surface area contributed by atoms with Crippen LogP contribution in [0.5, 0.6) is 11.5 Å². The van der Waals surface area contributed by atoms with Crippen molar-refractivity contribution in [1.82, 2.24) is 8.87 Å². The minimum Gasteiger partial charge on any atom is -0.454 e. The van der Waals surface area contributed by atoms with Crippen LogP contribution in [0.15, 0.2) is 44.4 Å². The standard InChI is InChI=1S/C22H21N3O8S/c1-13(26)15-9-19-20(32-12-31-19)10-16(15)23-21(27)11-25-17-5-4-14(8-18(17)33-22(25)28)34(29,30)24-6-2-3-7-24/h4-5,8-10H,2-3,6-7,11-12H2,1H3,(H,23,27). The molecule has 1 N–H and O–H groups in total. The van der Waals surface area contributed by atoms with Gasteiger partial charge in [-0.3, -0.25) is 14.2 Å². The molecule has 1 aromatic heterocycles. The van der Waals surface area contributed by atoms with E-state index in [2.05, 4.69) is 5.32 Å². The number of amides is 1. The van der Waals surface area contributed by atoms with Crippen molar-refractivity contribution in [3.63, 3.8) is 0 Å². The summed E-state index contributed by atoms with van der Waals surface area (Å²) in [7, 11) is -3.69. The Morgan fingerprint density at radius 2 is 1.76 bits per heavy atom. The van der Waals surface area contributed by atoms with Crippen LogP contribution in [0.1, 0.15) is 30.1 Å². The van der Waals surface area contributed by atoms with Gasteiger partial charge >= 0.3 is 5.76 Å². The van der Waals surface area contributed by atoms with E-state index in [4.69, 9.17) is 13.9 Å². The van der Waals surface area contributed by atoms with Crippen molar-refractivity contribution in [1.29, 1.82) is 0 Å². The summed E-state index contributed by atoms with van der Waals surface area (Å²) in [6, 6.07) is 7.11. The number of carbonyl (C=O) groups excluding carboxylic acids is 2. The first-order valence-electron chi connectivity index (χ1n) is 10.6. The van der Waals surface area contributed by atoms with Crippen molar-refractivity contribution in [2.75, 3.05) is 25.2 Å². The summed E-state index contributed by atoms with van der Waals surface area (Å²) in [6.07, 6.45) is 1.60. The number of benzene rings is 2. The number of sulfonamides is 1. The Morgan fingerprint density at radius 1 is 1.06 bits per heavy atom. The number of fused-ring (bicyclic) bond motifs is 2. The molecule has 0 bridgehead atoms. The number of hydrogen-bond donors (Lipinski definition) is 1. The number of rotatable bonds is 6. The molecular weight excluding hydrogens is 466 g/mol. The van der Waals surface area contributed by atoms with Gasteiger partial charge in [0.25, 0.3) is 0 Å². The molecule has 0 spiro atoms. The number of ether oxygens (including phenoxy) is 2. The van der Waals surface area contributed by atoms with Gasteiger partial charge in [0.1, 0.15) is 6.54 Å². The number of anilines is 1. The van der Waals surface area contributed by atoms with Gasteiger partial charge in [0.15, 0.2) is 22.9 Å². The van der Waals surface area contributed by atoms with Crippen molar-refractivity contribution < 1.29 is 31.9 Å². The molecule has 2 aromatic carbocycles. The third-order valence-corrected chi connectivity index (χ3v) is 7.71.